The minimum Gasteiger partial charge on any atom is -0.581 e. The Bertz CT molecular complexity index is 1560. The average Bonchev–Trinajstić information content (AvgIpc) is 3.17. The zero-order chi connectivity index (χ0) is 29.9. The summed E-state index contributed by atoms with van der Waals surface area (Å²) in [5.74, 6) is -1.10. The second-order valence-electron chi connectivity index (χ2n) is 9.28. The minimum atomic E-state index is -3.11. The quantitative estimate of drug-likeness (QED) is 0.216. The Morgan fingerprint density at radius 3 is 2.56 bits per heavy atom. The normalized spacial score (nSPS) is 23.3. The first-order valence-corrected chi connectivity index (χ1v) is 13.5. The molecule has 0 saturated carbocycles. The molecular formula is C26H26F2N3O9P. The summed E-state index contributed by atoms with van der Waals surface area (Å²) in [6.45, 7) is 4.08. The SMILES string of the molecule is CCC(=O)ON=[P+]([O-])OC(Oc1ccc(-c2ccc(C)c(F)c2)cc1)[C@@H]1O[C@@H](n2ccc(=O)[nH]c2=O)[C@](C)(F)[C@@H]1O. The topological polar surface area (TPSA) is 164 Å². The van der Waals surface area contributed by atoms with Gasteiger partial charge in [0, 0.05) is 18.7 Å². The number of rotatable bonds is 9. The van der Waals surface area contributed by atoms with E-state index in [1.54, 1.807) is 31.2 Å². The maximum absolute atomic E-state index is 15.8. The average molecular weight is 593 g/mol. The lowest BCUT2D eigenvalue weighted by Crippen LogP contribution is -2.46. The number of aromatic nitrogens is 2. The third kappa shape index (κ3) is 6.75. The minimum absolute atomic E-state index is 0.0654. The number of nitrogens with zero attached hydrogens (tertiary/aromatic N) is 2. The van der Waals surface area contributed by atoms with Crippen LogP contribution in [0, 0.1) is 12.7 Å². The monoisotopic (exact) mass is 593 g/mol. The Hall–Kier alpha value is -3.81. The molecule has 0 amide bonds. The lowest BCUT2D eigenvalue weighted by atomic mass is 9.98. The van der Waals surface area contributed by atoms with Crippen LogP contribution in [0.25, 0.3) is 11.1 Å². The number of nitrogens with one attached hydrogen (secondary N) is 1. The third-order valence-electron chi connectivity index (χ3n) is 6.33. The van der Waals surface area contributed by atoms with E-state index in [-0.39, 0.29) is 18.0 Å². The molecule has 2 unspecified atom stereocenters. The fourth-order valence-corrected chi connectivity index (χ4v) is 4.56. The zero-order valence-corrected chi connectivity index (χ0v) is 22.9. The van der Waals surface area contributed by atoms with Crippen molar-refractivity contribution in [1.29, 1.82) is 0 Å². The third-order valence-corrected chi connectivity index (χ3v) is 6.94. The number of carbonyl (C=O) groups is 1. The number of aryl methyl sites for hydroxylation is 1. The fraction of sp³-hybridized carbons (Fsp3) is 0.346. The maximum Gasteiger partial charge on any atom is 0.393 e. The van der Waals surface area contributed by atoms with Gasteiger partial charge in [0.25, 0.3) is 11.8 Å². The summed E-state index contributed by atoms with van der Waals surface area (Å²) in [7, 11) is -3.11. The number of aliphatic hydroxyl groups is 1. The summed E-state index contributed by atoms with van der Waals surface area (Å²) < 4.78 is 47.2. The van der Waals surface area contributed by atoms with Crippen LogP contribution in [0.1, 0.15) is 32.1 Å². The van der Waals surface area contributed by atoms with Crippen molar-refractivity contribution < 1.29 is 42.4 Å². The van der Waals surface area contributed by atoms with E-state index in [9.17, 15) is 28.8 Å². The van der Waals surface area contributed by atoms with Gasteiger partial charge < -0.3 is 19.5 Å². The number of alkyl halides is 1. The van der Waals surface area contributed by atoms with Gasteiger partial charge in [-0.15, -0.1) is 4.52 Å². The van der Waals surface area contributed by atoms with Gasteiger partial charge in [-0.25, -0.2) is 18.4 Å². The van der Waals surface area contributed by atoms with E-state index in [1.165, 1.54) is 25.1 Å². The summed E-state index contributed by atoms with van der Waals surface area (Å²) in [4.78, 5) is 57.3. The van der Waals surface area contributed by atoms with Crippen LogP contribution in [0.5, 0.6) is 5.75 Å². The Kier molecular flexibility index (Phi) is 9.10. The van der Waals surface area contributed by atoms with E-state index < -0.39 is 55.8 Å². The van der Waals surface area contributed by atoms with Crippen LogP contribution >= 0.6 is 8.17 Å². The molecule has 41 heavy (non-hydrogen) atoms. The Balaban J connectivity index is 1.64. The van der Waals surface area contributed by atoms with Crippen LogP contribution in [-0.2, 0) is 18.9 Å². The predicted molar refractivity (Wildman–Crippen MR) is 139 cm³/mol. The lowest BCUT2D eigenvalue weighted by molar-refractivity contribution is -0.208. The van der Waals surface area contributed by atoms with E-state index in [0.717, 1.165) is 23.8 Å². The molecule has 2 aromatic carbocycles. The van der Waals surface area contributed by atoms with Crippen LogP contribution < -0.4 is 20.9 Å². The van der Waals surface area contributed by atoms with Crippen molar-refractivity contribution in [3.8, 4) is 16.9 Å². The molecule has 0 bridgehead atoms. The van der Waals surface area contributed by atoms with Gasteiger partial charge in [0.2, 0.25) is 0 Å². The number of benzene rings is 2. The predicted octanol–water partition coefficient (Wildman–Crippen LogP) is 2.78. The fourth-order valence-electron chi connectivity index (χ4n) is 4.02. The smallest absolute Gasteiger partial charge is 0.393 e. The molecule has 6 atom stereocenters. The molecule has 3 aromatic rings. The van der Waals surface area contributed by atoms with E-state index >= 15 is 4.39 Å². The van der Waals surface area contributed by atoms with Gasteiger partial charge in [0.15, 0.2) is 18.0 Å². The van der Waals surface area contributed by atoms with E-state index in [2.05, 4.69) is 9.75 Å². The molecule has 0 radical (unpaired) electrons. The molecule has 1 fully saturated rings. The molecule has 1 aromatic heterocycles. The first-order chi connectivity index (χ1) is 19.4. The van der Waals surface area contributed by atoms with E-state index in [4.69, 9.17) is 14.0 Å². The van der Waals surface area contributed by atoms with Gasteiger partial charge in [0.1, 0.15) is 22.6 Å². The maximum atomic E-state index is 15.8. The molecule has 0 spiro atoms. The number of H-pyrrole nitrogens is 1. The highest BCUT2D eigenvalue weighted by molar-refractivity contribution is 7.33. The van der Waals surface area contributed by atoms with Crippen molar-refractivity contribution in [2.24, 2.45) is 4.91 Å². The molecular weight excluding hydrogens is 567 g/mol. The van der Waals surface area contributed by atoms with E-state index in [1.807, 2.05) is 4.98 Å². The van der Waals surface area contributed by atoms with Gasteiger partial charge in [-0.05, 0) is 48.7 Å². The van der Waals surface area contributed by atoms with Gasteiger partial charge in [-0.3, -0.25) is 19.2 Å². The number of hydrogen-bond donors (Lipinski definition) is 2. The summed E-state index contributed by atoms with van der Waals surface area (Å²) in [5, 5.41) is 10.9. The van der Waals surface area contributed by atoms with Crippen LogP contribution in [0.4, 0.5) is 8.78 Å². The van der Waals surface area contributed by atoms with Crippen LogP contribution in [0.15, 0.2) is 69.2 Å². The van der Waals surface area contributed by atoms with Gasteiger partial charge in [-0.2, -0.15) is 0 Å². The highest BCUT2D eigenvalue weighted by Gasteiger charge is 2.59. The van der Waals surface area contributed by atoms with Crippen LogP contribution in [0.3, 0.4) is 0 Å². The number of aliphatic hydroxyl groups excluding tert-OH is 1. The van der Waals surface area contributed by atoms with Gasteiger partial charge >= 0.3 is 19.8 Å². The Morgan fingerprint density at radius 2 is 1.93 bits per heavy atom. The molecule has 1 saturated heterocycles. The summed E-state index contributed by atoms with van der Waals surface area (Å²) in [5.41, 5.74) is -2.67. The first-order valence-electron chi connectivity index (χ1n) is 12.3. The van der Waals surface area contributed by atoms with Crippen molar-refractivity contribution in [3.63, 3.8) is 0 Å². The van der Waals surface area contributed by atoms with Crippen molar-refractivity contribution in [3.05, 3.63) is 86.9 Å². The lowest BCUT2D eigenvalue weighted by Gasteiger charge is -2.25. The van der Waals surface area contributed by atoms with Crippen LogP contribution in [-0.4, -0.2) is 44.8 Å². The molecule has 1 aliphatic rings. The molecule has 4 rings (SSSR count). The summed E-state index contributed by atoms with van der Waals surface area (Å²) in [6, 6.07) is 11.8. The number of ether oxygens (including phenoxy) is 2. The number of halogens is 2. The van der Waals surface area contributed by atoms with Crippen molar-refractivity contribution in [2.45, 2.75) is 57.6 Å². The Morgan fingerprint density at radius 1 is 1.24 bits per heavy atom. The molecule has 2 N–H and O–H groups in total. The molecule has 15 heteroatoms. The summed E-state index contributed by atoms with van der Waals surface area (Å²) >= 11 is 0. The first kappa shape index (κ1) is 30.2. The Labute approximate surface area is 232 Å². The second kappa shape index (κ2) is 12.4. The zero-order valence-electron chi connectivity index (χ0n) is 22.0. The number of carbonyl (C=O) groups excluding carboxylic acids is 1. The van der Waals surface area contributed by atoms with Gasteiger partial charge in [-0.1, -0.05) is 31.2 Å². The summed E-state index contributed by atoms with van der Waals surface area (Å²) in [6.07, 6.45) is -6.35. The molecule has 12 nitrogen and oxygen atoms in total. The van der Waals surface area contributed by atoms with Gasteiger partial charge in [0.05, 0.1) is 0 Å². The van der Waals surface area contributed by atoms with Crippen molar-refractivity contribution in [2.75, 3.05) is 0 Å². The van der Waals surface area contributed by atoms with Crippen molar-refractivity contribution >= 4 is 14.1 Å². The number of aromatic amines is 1. The number of hydrogen-bond acceptors (Lipinski definition) is 10. The standard InChI is InChI=1S/C26H26F2N3O9P/c1-4-20(33)39-30-41(36)40-23(37-17-9-7-15(8-10-17)16-6-5-14(2)18(27)13-16)21-22(34)26(3,28)24(38-21)31-12-11-19(32)29-25(31)35/h5-13,21-24,34H,4H2,1-3H3,(H,29,32,35)/t21-,22-,23?,24-,26-/m1/s1. The second-order valence-corrected chi connectivity index (χ2v) is 10.1. The largest absolute Gasteiger partial charge is 0.581 e. The highest BCUT2D eigenvalue weighted by atomic mass is 31.1. The van der Waals surface area contributed by atoms with E-state index in [0.29, 0.717) is 16.7 Å². The molecule has 2 heterocycles. The van der Waals surface area contributed by atoms with Crippen molar-refractivity contribution in [1.82, 2.24) is 9.55 Å². The molecule has 1 aliphatic heterocycles. The van der Waals surface area contributed by atoms with Crippen LogP contribution in [0.2, 0.25) is 0 Å². The molecule has 0 aliphatic carbocycles. The molecule has 218 valence electrons. The highest BCUT2D eigenvalue weighted by Crippen LogP contribution is 2.43.